The molecular formula is C17H12FNO5. The van der Waals surface area contributed by atoms with Crippen LogP contribution in [0.1, 0.15) is 26.6 Å². The fourth-order valence-corrected chi connectivity index (χ4v) is 2.11. The Morgan fingerprint density at radius 1 is 1.12 bits per heavy atom. The minimum Gasteiger partial charge on any atom is -0.465 e. The van der Waals surface area contributed by atoms with Gasteiger partial charge in [0.25, 0.3) is 0 Å². The smallest absolute Gasteiger partial charge is 0.338 e. The van der Waals surface area contributed by atoms with E-state index in [1.807, 2.05) is 0 Å². The Balaban J connectivity index is 1.71. The van der Waals surface area contributed by atoms with Gasteiger partial charge in [-0.2, -0.15) is 0 Å². The second-order valence-corrected chi connectivity index (χ2v) is 4.87. The highest BCUT2D eigenvalue weighted by molar-refractivity contribution is 5.95. The molecule has 0 aliphatic heterocycles. The maximum atomic E-state index is 13.1. The van der Waals surface area contributed by atoms with Gasteiger partial charge in [-0.05, 0) is 30.3 Å². The van der Waals surface area contributed by atoms with E-state index in [0.29, 0.717) is 5.52 Å². The van der Waals surface area contributed by atoms with Gasteiger partial charge in [0.15, 0.2) is 12.2 Å². The van der Waals surface area contributed by atoms with Crippen LogP contribution in [0.4, 0.5) is 4.39 Å². The molecule has 1 aromatic heterocycles. The number of hydrogen-bond acceptors (Lipinski definition) is 6. The number of hydrogen-bond donors (Lipinski definition) is 0. The van der Waals surface area contributed by atoms with E-state index in [0.717, 1.165) is 0 Å². The zero-order valence-electron chi connectivity index (χ0n) is 12.6. The highest BCUT2D eigenvalue weighted by Gasteiger charge is 2.14. The first kappa shape index (κ1) is 15.7. The number of aromatic nitrogens is 1. The zero-order chi connectivity index (χ0) is 17.1. The molecule has 0 aliphatic rings. The second-order valence-electron chi connectivity index (χ2n) is 4.87. The summed E-state index contributed by atoms with van der Waals surface area (Å²) in [4.78, 5) is 27.6. The maximum absolute atomic E-state index is 13.1. The minimum atomic E-state index is -0.644. The lowest BCUT2D eigenvalue weighted by Crippen LogP contribution is -2.08. The molecular weight excluding hydrogens is 317 g/mol. The van der Waals surface area contributed by atoms with E-state index in [1.54, 1.807) is 6.07 Å². The molecule has 0 amide bonds. The number of methoxy groups -OCH3 is 1. The van der Waals surface area contributed by atoms with Crippen LogP contribution in [0.25, 0.3) is 11.1 Å². The first-order valence-electron chi connectivity index (χ1n) is 6.97. The largest absolute Gasteiger partial charge is 0.465 e. The van der Waals surface area contributed by atoms with Crippen molar-refractivity contribution in [2.75, 3.05) is 7.11 Å². The summed E-state index contributed by atoms with van der Waals surface area (Å²) in [6.07, 6.45) is 0. The minimum absolute atomic E-state index is 0.146. The highest BCUT2D eigenvalue weighted by atomic mass is 19.1. The Kier molecular flexibility index (Phi) is 4.24. The summed E-state index contributed by atoms with van der Waals surface area (Å²) in [5, 5.41) is 0. The van der Waals surface area contributed by atoms with Crippen molar-refractivity contribution in [3.05, 3.63) is 65.3 Å². The fourth-order valence-electron chi connectivity index (χ4n) is 2.11. The third kappa shape index (κ3) is 3.24. The number of carbonyl (C=O) groups excluding carboxylic acids is 2. The van der Waals surface area contributed by atoms with Gasteiger partial charge < -0.3 is 13.9 Å². The number of benzene rings is 2. The van der Waals surface area contributed by atoms with Gasteiger partial charge in [0.1, 0.15) is 11.3 Å². The molecule has 0 bridgehead atoms. The molecule has 7 heteroatoms. The third-order valence-corrected chi connectivity index (χ3v) is 3.24. The molecule has 0 atom stereocenters. The van der Waals surface area contributed by atoms with E-state index in [1.165, 1.54) is 43.5 Å². The van der Waals surface area contributed by atoms with E-state index in [-0.39, 0.29) is 29.2 Å². The lowest BCUT2D eigenvalue weighted by Gasteiger charge is -2.04. The predicted molar refractivity (Wildman–Crippen MR) is 80.9 cm³/mol. The molecule has 0 N–H and O–H groups in total. The van der Waals surface area contributed by atoms with Crippen molar-refractivity contribution in [2.24, 2.45) is 0 Å². The van der Waals surface area contributed by atoms with Crippen LogP contribution in [0.3, 0.4) is 0 Å². The zero-order valence-corrected chi connectivity index (χ0v) is 12.6. The van der Waals surface area contributed by atoms with Crippen molar-refractivity contribution in [1.82, 2.24) is 4.98 Å². The molecule has 0 spiro atoms. The van der Waals surface area contributed by atoms with Crippen LogP contribution in [-0.4, -0.2) is 24.0 Å². The standard InChI is InChI=1S/C17H12FNO5/c1-22-16(20)10-3-2-4-11(7-10)17(21)23-9-15-19-13-6-5-12(18)8-14(13)24-15/h2-8H,9H2,1H3. The van der Waals surface area contributed by atoms with Gasteiger partial charge in [0.2, 0.25) is 5.89 Å². The van der Waals surface area contributed by atoms with Crippen LogP contribution in [0, 0.1) is 5.82 Å². The lowest BCUT2D eigenvalue weighted by molar-refractivity contribution is 0.0440. The number of esters is 2. The molecule has 1 heterocycles. The van der Waals surface area contributed by atoms with Crippen LogP contribution >= 0.6 is 0 Å². The van der Waals surface area contributed by atoms with E-state index in [2.05, 4.69) is 9.72 Å². The Morgan fingerprint density at radius 2 is 1.88 bits per heavy atom. The molecule has 3 rings (SSSR count). The SMILES string of the molecule is COC(=O)c1cccc(C(=O)OCc2nc3ccc(F)cc3o2)c1. The van der Waals surface area contributed by atoms with Crippen molar-refractivity contribution >= 4 is 23.0 Å². The van der Waals surface area contributed by atoms with Gasteiger partial charge in [-0.3, -0.25) is 0 Å². The van der Waals surface area contributed by atoms with Crippen molar-refractivity contribution < 1.29 is 27.9 Å². The van der Waals surface area contributed by atoms with E-state index in [4.69, 9.17) is 9.15 Å². The van der Waals surface area contributed by atoms with E-state index >= 15 is 0 Å². The Labute approximate surface area is 135 Å². The third-order valence-electron chi connectivity index (χ3n) is 3.24. The number of halogens is 1. The molecule has 24 heavy (non-hydrogen) atoms. The first-order chi connectivity index (χ1) is 11.6. The lowest BCUT2D eigenvalue weighted by atomic mass is 10.1. The van der Waals surface area contributed by atoms with Crippen LogP contribution in [0.2, 0.25) is 0 Å². The summed E-state index contributed by atoms with van der Waals surface area (Å²) in [7, 11) is 1.25. The summed E-state index contributed by atoms with van der Waals surface area (Å²) in [5.74, 6) is -1.49. The van der Waals surface area contributed by atoms with Gasteiger partial charge in [-0.1, -0.05) is 6.07 Å². The van der Waals surface area contributed by atoms with Gasteiger partial charge in [0, 0.05) is 6.07 Å². The van der Waals surface area contributed by atoms with Crippen LogP contribution in [0.5, 0.6) is 0 Å². The van der Waals surface area contributed by atoms with Crippen LogP contribution < -0.4 is 0 Å². The number of nitrogens with zero attached hydrogens (tertiary/aromatic N) is 1. The van der Waals surface area contributed by atoms with Crippen LogP contribution in [0.15, 0.2) is 46.9 Å². The summed E-state index contributed by atoms with van der Waals surface area (Å²) in [6.45, 7) is -0.211. The summed E-state index contributed by atoms with van der Waals surface area (Å²) in [5.41, 5.74) is 1.17. The molecule has 0 radical (unpaired) electrons. The Hall–Kier alpha value is -3.22. The van der Waals surface area contributed by atoms with Gasteiger partial charge in [0.05, 0.1) is 18.2 Å². The molecule has 0 saturated heterocycles. The number of carbonyl (C=O) groups is 2. The number of oxazole rings is 1. The predicted octanol–water partition coefficient (Wildman–Crippen LogP) is 3.11. The van der Waals surface area contributed by atoms with Crippen molar-refractivity contribution in [3.8, 4) is 0 Å². The molecule has 0 saturated carbocycles. The van der Waals surface area contributed by atoms with Gasteiger partial charge in [-0.25, -0.2) is 19.0 Å². The van der Waals surface area contributed by atoms with E-state index in [9.17, 15) is 14.0 Å². The molecule has 3 aromatic rings. The van der Waals surface area contributed by atoms with Crippen molar-refractivity contribution in [2.45, 2.75) is 6.61 Å². The molecule has 0 aliphatic carbocycles. The second kappa shape index (κ2) is 6.49. The average molecular weight is 329 g/mol. The molecule has 0 unspecified atom stereocenters. The summed E-state index contributed by atoms with van der Waals surface area (Å²) < 4.78 is 28.1. The maximum Gasteiger partial charge on any atom is 0.338 e. The van der Waals surface area contributed by atoms with Gasteiger partial charge >= 0.3 is 11.9 Å². The van der Waals surface area contributed by atoms with Crippen molar-refractivity contribution in [3.63, 3.8) is 0 Å². The van der Waals surface area contributed by atoms with Gasteiger partial charge in [-0.15, -0.1) is 0 Å². The summed E-state index contributed by atoms with van der Waals surface area (Å²) >= 11 is 0. The highest BCUT2D eigenvalue weighted by Crippen LogP contribution is 2.17. The summed E-state index contributed by atoms with van der Waals surface area (Å²) in [6, 6.07) is 9.89. The molecule has 0 fully saturated rings. The fraction of sp³-hybridized carbons (Fsp3) is 0.118. The first-order valence-corrected chi connectivity index (χ1v) is 6.97. The Morgan fingerprint density at radius 3 is 2.62 bits per heavy atom. The quantitative estimate of drug-likeness (QED) is 0.684. The molecule has 2 aromatic carbocycles. The molecule has 122 valence electrons. The monoisotopic (exact) mass is 329 g/mol. The number of fused-ring (bicyclic) bond motifs is 1. The van der Waals surface area contributed by atoms with E-state index < -0.39 is 17.8 Å². The topological polar surface area (TPSA) is 78.6 Å². The Bertz CT molecular complexity index is 918. The normalized spacial score (nSPS) is 10.6. The molecule has 6 nitrogen and oxygen atoms in total. The van der Waals surface area contributed by atoms with Crippen LogP contribution in [-0.2, 0) is 16.1 Å². The number of ether oxygens (including phenoxy) is 2. The number of rotatable bonds is 4. The average Bonchev–Trinajstić information content (AvgIpc) is 3.01. The van der Waals surface area contributed by atoms with Crippen molar-refractivity contribution in [1.29, 1.82) is 0 Å².